The highest BCUT2D eigenvalue weighted by atomic mass is 35.5. The van der Waals surface area contributed by atoms with E-state index in [0.29, 0.717) is 16.8 Å². The minimum atomic E-state index is -0.927. The highest BCUT2D eigenvalue weighted by Gasteiger charge is 2.51. The van der Waals surface area contributed by atoms with Gasteiger partial charge in [-0.05, 0) is 42.8 Å². The number of nitrogens with zero attached hydrogens (tertiary/aromatic N) is 1. The van der Waals surface area contributed by atoms with Gasteiger partial charge in [0.05, 0.1) is 5.69 Å². The number of carbonyl (C=O) groups excluding carboxylic acids is 2. The van der Waals surface area contributed by atoms with Gasteiger partial charge in [0.25, 0.3) is 5.91 Å². The van der Waals surface area contributed by atoms with E-state index >= 15 is 0 Å². The van der Waals surface area contributed by atoms with Crippen molar-refractivity contribution in [3.8, 4) is 0 Å². The van der Waals surface area contributed by atoms with Crippen LogP contribution < -0.4 is 5.43 Å². The third-order valence-electron chi connectivity index (χ3n) is 3.76. The molecule has 118 valence electrons. The normalized spacial score (nSPS) is 20.1. The number of Topliss-reactive ketones (excluding diaryl/α,β-unsaturated/α-hetero) is 1. The second-order valence-corrected chi connectivity index (χ2v) is 5.83. The fourth-order valence-electron chi connectivity index (χ4n) is 2.45. The van der Waals surface area contributed by atoms with E-state index < -0.39 is 11.4 Å². The van der Waals surface area contributed by atoms with Crippen LogP contribution >= 0.6 is 11.6 Å². The number of hydrogen-bond donors (Lipinski definition) is 1. The number of aryl methyl sites for hydroxylation is 1. The summed E-state index contributed by atoms with van der Waals surface area (Å²) in [7, 11) is 0. The van der Waals surface area contributed by atoms with Crippen molar-refractivity contribution in [2.75, 3.05) is 5.43 Å². The van der Waals surface area contributed by atoms with E-state index in [1.165, 1.54) is 23.2 Å². The summed E-state index contributed by atoms with van der Waals surface area (Å²) in [6, 6.07) is 12.3. The average Bonchev–Trinajstić information content (AvgIpc) is 2.57. The van der Waals surface area contributed by atoms with Gasteiger partial charge >= 0.3 is 0 Å². The SMILES string of the molecule is Cc1cc(C(=O)C2C(Cl)C(=O)N2Nc2ccccc2)ccc1F. The Morgan fingerprint density at radius 1 is 1.22 bits per heavy atom. The van der Waals surface area contributed by atoms with E-state index in [-0.39, 0.29) is 17.5 Å². The highest BCUT2D eigenvalue weighted by molar-refractivity contribution is 6.37. The molecule has 0 aliphatic carbocycles. The summed E-state index contributed by atoms with van der Waals surface area (Å²) >= 11 is 6.02. The Balaban J connectivity index is 1.83. The molecule has 0 spiro atoms. The number of hydrogen-bond acceptors (Lipinski definition) is 3. The van der Waals surface area contributed by atoms with Gasteiger partial charge in [-0.15, -0.1) is 11.6 Å². The maximum atomic E-state index is 13.3. The maximum Gasteiger partial charge on any atom is 0.262 e. The van der Waals surface area contributed by atoms with Crippen molar-refractivity contribution in [1.82, 2.24) is 5.01 Å². The summed E-state index contributed by atoms with van der Waals surface area (Å²) < 4.78 is 13.3. The molecular weight excluding hydrogens is 319 g/mol. The van der Waals surface area contributed by atoms with Gasteiger partial charge in [0, 0.05) is 5.56 Å². The molecule has 1 heterocycles. The number of anilines is 1. The van der Waals surface area contributed by atoms with Gasteiger partial charge in [-0.1, -0.05) is 18.2 Å². The Morgan fingerprint density at radius 3 is 2.57 bits per heavy atom. The summed E-state index contributed by atoms with van der Waals surface area (Å²) in [6.45, 7) is 1.58. The quantitative estimate of drug-likeness (QED) is 0.531. The molecule has 2 atom stereocenters. The summed E-state index contributed by atoms with van der Waals surface area (Å²) in [5, 5.41) is 0.290. The molecule has 0 aromatic heterocycles. The smallest absolute Gasteiger partial charge is 0.262 e. The second kappa shape index (κ2) is 6.01. The van der Waals surface area contributed by atoms with Crippen molar-refractivity contribution in [2.24, 2.45) is 0 Å². The van der Waals surface area contributed by atoms with E-state index in [1.807, 2.05) is 18.2 Å². The standard InChI is InChI=1S/C17H14ClFN2O2/c1-10-9-11(7-8-13(10)19)16(22)15-14(18)17(23)21(15)20-12-5-3-2-4-6-12/h2-9,14-15,20H,1H3. The number of halogens is 2. The van der Waals surface area contributed by atoms with Crippen LogP contribution in [0.2, 0.25) is 0 Å². The molecule has 2 unspecified atom stereocenters. The van der Waals surface area contributed by atoms with Gasteiger partial charge in [-0.25, -0.2) is 9.40 Å². The minimum absolute atomic E-state index is 0.323. The Bertz CT molecular complexity index is 766. The zero-order valence-electron chi connectivity index (χ0n) is 12.3. The number of hydrazine groups is 1. The first-order chi connectivity index (χ1) is 11.0. The highest BCUT2D eigenvalue weighted by Crippen LogP contribution is 2.29. The van der Waals surface area contributed by atoms with Crippen LogP contribution in [-0.4, -0.2) is 28.1 Å². The first kappa shape index (κ1) is 15.5. The first-order valence-corrected chi connectivity index (χ1v) is 7.52. The Kier molecular flexibility index (Phi) is 4.05. The lowest BCUT2D eigenvalue weighted by atomic mass is 9.93. The van der Waals surface area contributed by atoms with Gasteiger partial charge in [-0.2, -0.15) is 0 Å². The zero-order chi connectivity index (χ0) is 16.6. The van der Waals surface area contributed by atoms with E-state index in [9.17, 15) is 14.0 Å². The van der Waals surface area contributed by atoms with Gasteiger partial charge in [0.15, 0.2) is 5.78 Å². The van der Waals surface area contributed by atoms with Crippen molar-refractivity contribution in [3.63, 3.8) is 0 Å². The monoisotopic (exact) mass is 332 g/mol. The van der Waals surface area contributed by atoms with Crippen LogP contribution in [0, 0.1) is 12.7 Å². The average molecular weight is 333 g/mol. The molecular formula is C17H14ClFN2O2. The summed E-state index contributed by atoms with van der Waals surface area (Å²) in [5.74, 6) is -1.07. The summed E-state index contributed by atoms with van der Waals surface area (Å²) in [5.41, 5.74) is 4.26. The van der Waals surface area contributed by atoms with Crippen molar-refractivity contribution in [2.45, 2.75) is 18.3 Å². The molecule has 6 heteroatoms. The molecule has 1 aliphatic heterocycles. The van der Waals surface area contributed by atoms with Crippen LogP contribution in [0.4, 0.5) is 10.1 Å². The molecule has 2 aromatic rings. The zero-order valence-corrected chi connectivity index (χ0v) is 13.0. The molecule has 1 aliphatic rings. The predicted octanol–water partition coefficient (Wildman–Crippen LogP) is 3.16. The first-order valence-electron chi connectivity index (χ1n) is 7.08. The van der Waals surface area contributed by atoms with Crippen molar-refractivity contribution in [1.29, 1.82) is 0 Å². The number of para-hydroxylation sites is 1. The Hall–Kier alpha value is -2.40. The number of amides is 1. The van der Waals surface area contributed by atoms with E-state index in [2.05, 4.69) is 5.43 Å². The Morgan fingerprint density at radius 2 is 1.91 bits per heavy atom. The van der Waals surface area contributed by atoms with Crippen molar-refractivity contribution >= 4 is 29.0 Å². The lowest BCUT2D eigenvalue weighted by Gasteiger charge is -2.43. The lowest BCUT2D eigenvalue weighted by molar-refractivity contribution is -0.140. The molecule has 1 N–H and O–H groups in total. The Labute approximate surface area is 137 Å². The topological polar surface area (TPSA) is 49.4 Å². The molecule has 0 radical (unpaired) electrons. The fourth-order valence-corrected chi connectivity index (χ4v) is 2.78. The number of carbonyl (C=O) groups is 2. The van der Waals surface area contributed by atoms with E-state index in [1.54, 1.807) is 19.1 Å². The van der Waals surface area contributed by atoms with Crippen LogP contribution in [-0.2, 0) is 4.79 Å². The molecule has 1 fully saturated rings. The van der Waals surface area contributed by atoms with Crippen molar-refractivity contribution < 1.29 is 14.0 Å². The summed E-state index contributed by atoms with van der Waals surface area (Å²) in [4.78, 5) is 24.6. The van der Waals surface area contributed by atoms with Gasteiger partial charge in [0.2, 0.25) is 0 Å². The predicted molar refractivity (Wildman–Crippen MR) is 85.8 cm³/mol. The molecule has 2 aromatic carbocycles. The van der Waals surface area contributed by atoms with Crippen molar-refractivity contribution in [3.05, 3.63) is 65.5 Å². The van der Waals surface area contributed by atoms with Crippen LogP contribution in [0.3, 0.4) is 0 Å². The minimum Gasteiger partial charge on any atom is -0.295 e. The van der Waals surface area contributed by atoms with E-state index in [0.717, 1.165) is 0 Å². The molecule has 1 saturated heterocycles. The van der Waals surface area contributed by atoms with Gasteiger partial charge < -0.3 is 0 Å². The summed E-state index contributed by atoms with van der Waals surface area (Å²) in [6.07, 6.45) is 0. The number of ketones is 1. The molecule has 3 rings (SSSR count). The number of rotatable bonds is 4. The molecule has 0 bridgehead atoms. The molecule has 1 amide bonds. The lowest BCUT2D eigenvalue weighted by Crippen LogP contribution is -2.67. The largest absolute Gasteiger partial charge is 0.295 e. The van der Waals surface area contributed by atoms with Crippen LogP contribution in [0.5, 0.6) is 0 Å². The number of alkyl halides is 1. The number of benzene rings is 2. The third-order valence-corrected chi connectivity index (χ3v) is 4.19. The van der Waals surface area contributed by atoms with E-state index in [4.69, 9.17) is 11.6 Å². The molecule has 23 heavy (non-hydrogen) atoms. The number of nitrogens with one attached hydrogen (secondary N) is 1. The second-order valence-electron chi connectivity index (χ2n) is 5.36. The number of β-lactam (4-membered cyclic amide) rings is 1. The maximum absolute atomic E-state index is 13.3. The molecule has 0 saturated carbocycles. The van der Waals surface area contributed by atoms with Crippen LogP contribution in [0.1, 0.15) is 15.9 Å². The fraction of sp³-hybridized carbons (Fsp3) is 0.176. The van der Waals surface area contributed by atoms with Crippen LogP contribution in [0.25, 0.3) is 0 Å². The van der Waals surface area contributed by atoms with Crippen LogP contribution in [0.15, 0.2) is 48.5 Å². The van der Waals surface area contributed by atoms with Gasteiger partial charge in [0.1, 0.15) is 17.2 Å². The third kappa shape index (κ3) is 2.80. The molecule has 4 nitrogen and oxygen atoms in total. The van der Waals surface area contributed by atoms with Gasteiger partial charge in [-0.3, -0.25) is 15.0 Å².